The Morgan fingerprint density at radius 2 is 2.11 bits per heavy atom. The molecule has 0 amide bonds. The van der Waals surface area contributed by atoms with Crippen LogP contribution in [0, 0.1) is 0 Å². The number of nitrogens with two attached hydrogens (primary N) is 1. The monoisotopic (exact) mass is 280 g/mol. The SMILES string of the molecule is COc1ncc(OC(F)(F)F)c(CC(=O)O)c1CN. The van der Waals surface area contributed by atoms with Gasteiger partial charge in [-0.25, -0.2) is 4.98 Å². The number of hydrogen-bond acceptors (Lipinski definition) is 5. The minimum Gasteiger partial charge on any atom is -0.481 e. The number of halogens is 3. The van der Waals surface area contributed by atoms with Gasteiger partial charge in [-0.2, -0.15) is 0 Å². The molecule has 0 atom stereocenters. The van der Waals surface area contributed by atoms with Gasteiger partial charge in [-0.15, -0.1) is 13.2 Å². The second kappa shape index (κ2) is 5.74. The predicted octanol–water partition coefficient (Wildman–Crippen LogP) is 1.07. The van der Waals surface area contributed by atoms with Gasteiger partial charge >= 0.3 is 12.3 Å². The van der Waals surface area contributed by atoms with E-state index in [1.165, 1.54) is 7.11 Å². The van der Waals surface area contributed by atoms with Crippen LogP contribution in [0.5, 0.6) is 11.6 Å². The minimum absolute atomic E-state index is 0.0340. The number of methoxy groups -OCH3 is 1. The summed E-state index contributed by atoms with van der Waals surface area (Å²) in [4.78, 5) is 14.3. The Balaban J connectivity index is 3.33. The average molecular weight is 280 g/mol. The smallest absolute Gasteiger partial charge is 0.481 e. The van der Waals surface area contributed by atoms with E-state index in [-0.39, 0.29) is 23.6 Å². The Hall–Kier alpha value is -2.03. The van der Waals surface area contributed by atoms with Crippen LogP contribution in [0.3, 0.4) is 0 Å². The zero-order valence-electron chi connectivity index (χ0n) is 9.82. The summed E-state index contributed by atoms with van der Waals surface area (Å²) in [6, 6.07) is 0. The van der Waals surface area contributed by atoms with E-state index in [0.29, 0.717) is 0 Å². The summed E-state index contributed by atoms with van der Waals surface area (Å²) in [7, 11) is 1.25. The number of carboxylic acid groups (broad SMARTS) is 1. The molecular weight excluding hydrogens is 269 g/mol. The normalized spacial score (nSPS) is 11.2. The van der Waals surface area contributed by atoms with Crippen molar-refractivity contribution in [2.75, 3.05) is 7.11 Å². The molecule has 0 saturated carbocycles. The Kier molecular flexibility index (Phi) is 4.54. The summed E-state index contributed by atoms with van der Waals surface area (Å²) in [6.45, 7) is -0.228. The Bertz CT molecular complexity index is 477. The van der Waals surface area contributed by atoms with Crippen LogP contribution < -0.4 is 15.2 Å². The molecule has 106 valence electrons. The third-order valence-corrected chi connectivity index (χ3v) is 2.17. The maximum Gasteiger partial charge on any atom is 0.573 e. The molecule has 0 radical (unpaired) electrons. The standard InChI is InChI=1S/C10H11F3N2O4/c1-18-9-6(3-14)5(2-8(16)17)7(4-15-9)19-10(11,12)13/h4H,2-3,14H2,1H3,(H,16,17). The van der Waals surface area contributed by atoms with Crippen molar-refractivity contribution in [3.05, 3.63) is 17.3 Å². The number of carbonyl (C=O) groups is 1. The van der Waals surface area contributed by atoms with E-state index in [9.17, 15) is 18.0 Å². The first-order valence-corrected chi connectivity index (χ1v) is 5.00. The van der Waals surface area contributed by atoms with Crippen LogP contribution in [0.15, 0.2) is 6.20 Å². The second-order valence-electron chi connectivity index (χ2n) is 3.41. The van der Waals surface area contributed by atoms with Crippen LogP contribution in [0.2, 0.25) is 0 Å². The first-order chi connectivity index (χ1) is 8.78. The lowest BCUT2D eigenvalue weighted by Gasteiger charge is -2.16. The fraction of sp³-hybridized carbons (Fsp3) is 0.400. The molecular formula is C10H11F3N2O4. The summed E-state index contributed by atoms with van der Waals surface area (Å²) >= 11 is 0. The van der Waals surface area contributed by atoms with Gasteiger partial charge in [0.25, 0.3) is 0 Å². The number of rotatable bonds is 5. The van der Waals surface area contributed by atoms with E-state index < -0.39 is 24.5 Å². The highest BCUT2D eigenvalue weighted by Gasteiger charge is 2.33. The molecule has 0 bridgehead atoms. The molecule has 0 spiro atoms. The van der Waals surface area contributed by atoms with Gasteiger partial charge in [0.05, 0.1) is 19.7 Å². The number of nitrogens with zero attached hydrogens (tertiary/aromatic N) is 1. The molecule has 1 aromatic rings. The van der Waals surface area contributed by atoms with Gasteiger partial charge in [-0.05, 0) is 0 Å². The summed E-state index contributed by atoms with van der Waals surface area (Å²) in [6.07, 6.45) is -4.88. The van der Waals surface area contributed by atoms with Crippen molar-refractivity contribution >= 4 is 5.97 Å². The summed E-state index contributed by atoms with van der Waals surface area (Å²) < 4.78 is 45.2. The topological polar surface area (TPSA) is 94.7 Å². The van der Waals surface area contributed by atoms with Gasteiger partial charge in [0.2, 0.25) is 5.88 Å². The van der Waals surface area contributed by atoms with Crippen LogP contribution in [-0.2, 0) is 17.8 Å². The quantitative estimate of drug-likeness (QED) is 0.838. The Morgan fingerprint density at radius 1 is 1.47 bits per heavy atom. The molecule has 0 fully saturated rings. The van der Waals surface area contributed by atoms with E-state index in [0.717, 1.165) is 6.20 Å². The van der Waals surface area contributed by atoms with Gasteiger partial charge in [-0.1, -0.05) is 0 Å². The van der Waals surface area contributed by atoms with E-state index in [1.807, 2.05) is 0 Å². The summed E-state index contributed by atoms with van der Waals surface area (Å²) in [5.41, 5.74) is 5.24. The molecule has 19 heavy (non-hydrogen) atoms. The van der Waals surface area contributed by atoms with Crippen molar-refractivity contribution in [3.8, 4) is 11.6 Å². The third-order valence-electron chi connectivity index (χ3n) is 2.17. The summed E-state index contributed by atoms with van der Waals surface area (Å²) in [5, 5.41) is 8.73. The molecule has 9 heteroatoms. The van der Waals surface area contributed by atoms with Gasteiger partial charge in [0.1, 0.15) is 0 Å². The largest absolute Gasteiger partial charge is 0.573 e. The number of alkyl halides is 3. The molecule has 1 rings (SSSR count). The lowest BCUT2D eigenvalue weighted by atomic mass is 10.1. The lowest BCUT2D eigenvalue weighted by Crippen LogP contribution is -2.20. The number of pyridine rings is 1. The van der Waals surface area contributed by atoms with Gasteiger partial charge in [0, 0.05) is 17.7 Å². The zero-order chi connectivity index (χ0) is 14.6. The molecule has 0 aliphatic carbocycles. The number of aromatic nitrogens is 1. The number of ether oxygens (including phenoxy) is 2. The van der Waals surface area contributed by atoms with Crippen molar-refractivity contribution in [1.82, 2.24) is 4.98 Å². The number of carboxylic acids is 1. The van der Waals surface area contributed by atoms with Crippen LogP contribution in [0.1, 0.15) is 11.1 Å². The van der Waals surface area contributed by atoms with Crippen molar-refractivity contribution in [1.29, 1.82) is 0 Å². The van der Waals surface area contributed by atoms with E-state index >= 15 is 0 Å². The molecule has 0 aliphatic heterocycles. The number of aliphatic carboxylic acids is 1. The lowest BCUT2D eigenvalue weighted by molar-refractivity contribution is -0.275. The minimum atomic E-state index is -4.95. The van der Waals surface area contributed by atoms with Crippen LogP contribution >= 0.6 is 0 Å². The fourth-order valence-electron chi connectivity index (χ4n) is 1.49. The molecule has 3 N–H and O–H groups in total. The highest BCUT2D eigenvalue weighted by molar-refractivity contribution is 5.72. The molecule has 0 unspecified atom stereocenters. The predicted molar refractivity (Wildman–Crippen MR) is 56.7 cm³/mol. The van der Waals surface area contributed by atoms with Gasteiger partial charge in [0.15, 0.2) is 5.75 Å². The van der Waals surface area contributed by atoms with Crippen LogP contribution in [-0.4, -0.2) is 29.5 Å². The van der Waals surface area contributed by atoms with E-state index in [4.69, 9.17) is 15.6 Å². The Morgan fingerprint density at radius 3 is 2.53 bits per heavy atom. The van der Waals surface area contributed by atoms with Crippen molar-refractivity contribution in [2.45, 2.75) is 19.3 Å². The van der Waals surface area contributed by atoms with E-state index in [1.54, 1.807) is 0 Å². The van der Waals surface area contributed by atoms with Gasteiger partial charge in [-0.3, -0.25) is 4.79 Å². The average Bonchev–Trinajstić information content (AvgIpc) is 2.28. The van der Waals surface area contributed by atoms with E-state index in [2.05, 4.69) is 9.72 Å². The molecule has 0 saturated heterocycles. The van der Waals surface area contributed by atoms with Crippen molar-refractivity contribution in [3.63, 3.8) is 0 Å². The molecule has 1 heterocycles. The van der Waals surface area contributed by atoms with Crippen molar-refractivity contribution < 1.29 is 32.5 Å². The van der Waals surface area contributed by atoms with Crippen molar-refractivity contribution in [2.24, 2.45) is 5.73 Å². The highest BCUT2D eigenvalue weighted by Crippen LogP contribution is 2.32. The van der Waals surface area contributed by atoms with Crippen LogP contribution in [0.25, 0.3) is 0 Å². The first kappa shape index (κ1) is 15.0. The first-order valence-electron chi connectivity index (χ1n) is 5.00. The number of hydrogen-bond donors (Lipinski definition) is 2. The summed E-state index contributed by atoms with van der Waals surface area (Å²) in [5.74, 6) is -2.06. The molecule has 1 aromatic heterocycles. The molecule has 0 aliphatic rings. The van der Waals surface area contributed by atoms with Crippen LogP contribution in [0.4, 0.5) is 13.2 Å². The van der Waals surface area contributed by atoms with Gasteiger partial charge < -0.3 is 20.3 Å². The zero-order valence-corrected chi connectivity index (χ0v) is 9.82. The maximum atomic E-state index is 12.2. The molecule has 6 nitrogen and oxygen atoms in total. The maximum absolute atomic E-state index is 12.2. The second-order valence-corrected chi connectivity index (χ2v) is 3.41. The third kappa shape index (κ3) is 3.98. The highest BCUT2D eigenvalue weighted by atomic mass is 19.4. The fourth-order valence-corrected chi connectivity index (χ4v) is 1.49. The molecule has 0 aromatic carbocycles. The Labute approximate surface area is 105 Å².